The van der Waals surface area contributed by atoms with Crippen molar-refractivity contribution in [3.8, 4) is 5.75 Å². The molecule has 0 radical (unpaired) electrons. The molecule has 0 fully saturated rings. The molecule has 0 unspecified atom stereocenters. The number of ether oxygens (including phenoxy) is 1. The molecule has 8 heteroatoms. The summed E-state index contributed by atoms with van der Waals surface area (Å²) < 4.78 is 5.84. The van der Waals surface area contributed by atoms with Crippen molar-refractivity contribution in [2.75, 3.05) is 11.9 Å². The third kappa shape index (κ3) is 5.02. The van der Waals surface area contributed by atoms with Crippen LogP contribution < -0.4 is 15.4 Å². The number of nitrogens with one attached hydrogen (secondary N) is 3. The minimum absolute atomic E-state index is 0.176. The van der Waals surface area contributed by atoms with Crippen LogP contribution in [0.25, 0.3) is 10.9 Å². The van der Waals surface area contributed by atoms with Crippen LogP contribution in [0.2, 0.25) is 5.02 Å². The second kappa shape index (κ2) is 9.32. The minimum Gasteiger partial charge on any atom is -0.489 e. The summed E-state index contributed by atoms with van der Waals surface area (Å²) in [6.07, 6.45) is 0. The smallest absolute Gasteiger partial charge is 0.251 e. The number of fused-ring (bicyclic) bond motifs is 1. The summed E-state index contributed by atoms with van der Waals surface area (Å²) in [6, 6.07) is 21.6. The highest BCUT2D eigenvalue weighted by molar-refractivity contribution is 6.31. The van der Waals surface area contributed by atoms with Crippen molar-refractivity contribution in [3.63, 3.8) is 0 Å². The van der Waals surface area contributed by atoms with E-state index >= 15 is 0 Å². The molecule has 0 spiro atoms. The molecule has 2 amide bonds. The minimum atomic E-state index is -0.389. The molecule has 31 heavy (non-hydrogen) atoms. The van der Waals surface area contributed by atoms with Gasteiger partial charge in [0, 0.05) is 21.5 Å². The Morgan fingerprint density at radius 1 is 1.00 bits per heavy atom. The van der Waals surface area contributed by atoms with Gasteiger partial charge in [-0.3, -0.25) is 14.7 Å². The molecule has 0 bridgehead atoms. The van der Waals surface area contributed by atoms with Gasteiger partial charge < -0.3 is 15.4 Å². The summed E-state index contributed by atoms with van der Waals surface area (Å²) in [5, 5.41) is 13.6. The van der Waals surface area contributed by atoms with Crippen LogP contribution in [0.15, 0.2) is 72.8 Å². The fourth-order valence-electron chi connectivity index (χ4n) is 2.98. The molecule has 3 N–H and O–H groups in total. The van der Waals surface area contributed by atoms with Crippen molar-refractivity contribution < 1.29 is 14.3 Å². The summed E-state index contributed by atoms with van der Waals surface area (Å²) in [5.41, 5.74) is 2.11. The number of aromatic nitrogens is 2. The van der Waals surface area contributed by atoms with Crippen molar-refractivity contribution in [1.29, 1.82) is 0 Å². The molecule has 0 saturated carbocycles. The number of aromatic amines is 1. The van der Waals surface area contributed by atoms with Gasteiger partial charge in [-0.25, -0.2) is 0 Å². The molecule has 7 nitrogen and oxygen atoms in total. The number of H-pyrrole nitrogens is 1. The number of benzene rings is 3. The number of amides is 2. The van der Waals surface area contributed by atoms with Gasteiger partial charge in [0.2, 0.25) is 5.91 Å². The SMILES string of the molecule is O=C(CNC(=O)c1ccccc1)Nc1n[nH]c2ccc(OCc3ccccc3Cl)cc12. The van der Waals surface area contributed by atoms with E-state index in [1.807, 2.05) is 42.5 Å². The van der Waals surface area contributed by atoms with Crippen molar-refractivity contribution in [1.82, 2.24) is 15.5 Å². The van der Waals surface area contributed by atoms with Gasteiger partial charge in [0.15, 0.2) is 5.82 Å². The lowest BCUT2D eigenvalue weighted by molar-refractivity contribution is -0.115. The van der Waals surface area contributed by atoms with Crippen LogP contribution in [0.3, 0.4) is 0 Å². The maximum Gasteiger partial charge on any atom is 0.251 e. The predicted molar refractivity (Wildman–Crippen MR) is 119 cm³/mol. The summed E-state index contributed by atoms with van der Waals surface area (Å²) in [6.45, 7) is 0.140. The first kappa shape index (κ1) is 20.4. The fourth-order valence-corrected chi connectivity index (χ4v) is 3.17. The Bertz CT molecular complexity index is 1220. The quantitative estimate of drug-likeness (QED) is 0.407. The van der Waals surface area contributed by atoms with Gasteiger partial charge in [-0.2, -0.15) is 5.10 Å². The van der Waals surface area contributed by atoms with Crippen LogP contribution in [-0.4, -0.2) is 28.6 Å². The van der Waals surface area contributed by atoms with E-state index in [1.54, 1.807) is 30.3 Å². The average Bonchev–Trinajstić information content (AvgIpc) is 3.19. The van der Waals surface area contributed by atoms with E-state index in [0.29, 0.717) is 34.1 Å². The molecule has 156 valence electrons. The van der Waals surface area contributed by atoms with Crippen molar-refractivity contribution in [2.24, 2.45) is 0 Å². The number of anilines is 1. The summed E-state index contributed by atoms with van der Waals surface area (Å²) in [4.78, 5) is 24.4. The van der Waals surface area contributed by atoms with Crippen molar-refractivity contribution in [2.45, 2.75) is 6.61 Å². The molecule has 4 rings (SSSR count). The molecule has 1 aromatic heterocycles. The Kier molecular flexibility index (Phi) is 6.14. The molecule has 1 heterocycles. The Morgan fingerprint density at radius 3 is 2.58 bits per heavy atom. The van der Waals surface area contributed by atoms with Crippen LogP contribution in [-0.2, 0) is 11.4 Å². The van der Waals surface area contributed by atoms with Gasteiger partial charge in [-0.05, 0) is 36.4 Å². The molecular weight excluding hydrogens is 416 g/mol. The highest BCUT2D eigenvalue weighted by Gasteiger charge is 2.12. The Hall–Kier alpha value is -3.84. The highest BCUT2D eigenvalue weighted by Crippen LogP contribution is 2.26. The zero-order valence-electron chi connectivity index (χ0n) is 16.4. The van der Waals surface area contributed by atoms with Crippen LogP contribution in [0.1, 0.15) is 15.9 Å². The largest absolute Gasteiger partial charge is 0.489 e. The third-order valence-corrected chi connectivity index (χ3v) is 4.96. The second-order valence-corrected chi connectivity index (χ2v) is 7.16. The van der Waals surface area contributed by atoms with Gasteiger partial charge in [0.25, 0.3) is 5.91 Å². The maximum absolute atomic E-state index is 12.3. The molecule has 0 aliphatic rings. The Labute approximate surface area is 183 Å². The molecule has 0 saturated heterocycles. The normalized spacial score (nSPS) is 10.6. The van der Waals surface area contributed by atoms with Gasteiger partial charge in [-0.1, -0.05) is 48.0 Å². The number of hydrogen-bond acceptors (Lipinski definition) is 4. The first-order valence-electron chi connectivity index (χ1n) is 9.57. The summed E-state index contributed by atoms with van der Waals surface area (Å²) in [7, 11) is 0. The molecule has 4 aromatic rings. The number of nitrogens with zero attached hydrogens (tertiary/aromatic N) is 1. The van der Waals surface area contributed by atoms with Gasteiger partial charge in [0.1, 0.15) is 12.4 Å². The lowest BCUT2D eigenvalue weighted by Crippen LogP contribution is -2.32. The van der Waals surface area contributed by atoms with E-state index in [1.165, 1.54) is 0 Å². The van der Waals surface area contributed by atoms with E-state index in [0.717, 1.165) is 11.1 Å². The van der Waals surface area contributed by atoms with Crippen LogP contribution >= 0.6 is 11.6 Å². The van der Waals surface area contributed by atoms with Gasteiger partial charge in [0.05, 0.1) is 12.1 Å². The lowest BCUT2D eigenvalue weighted by atomic mass is 10.2. The number of rotatable bonds is 7. The van der Waals surface area contributed by atoms with Gasteiger partial charge >= 0.3 is 0 Å². The van der Waals surface area contributed by atoms with E-state index in [9.17, 15) is 9.59 Å². The lowest BCUT2D eigenvalue weighted by Gasteiger charge is -2.08. The molecule has 0 aliphatic carbocycles. The van der Waals surface area contributed by atoms with E-state index in [4.69, 9.17) is 16.3 Å². The fraction of sp³-hybridized carbons (Fsp3) is 0.0870. The monoisotopic (exact) mass is 434 g/mol. The topological polar surface area (TPSA) is 96.1 Å². The molecular formula is C23H19ClN4O3. The standard InChI is InChI=1S/C23H19ClN4O3/c24-19-9-5-4-8-16(19)14-31-17-10-11-20-18(12-17)22(28-27-20)26-21(29)13-25-23(30)15-6-2-1-3-7-15/h1-12H,13-14H2,(H,25,30)(H2,26,27,28,29). The molecule has 0 atom stereocenters. The van der Waals surface area contributed by atoms with Crippen molar-refractivity contribution in [3.05, 3.63) is 88.9 Å². The first-order valence-corrected chi connectivity index (χ1v) is 9.95. The molecule has 3 aromatic carbocycles. The second-order valence-electron chi connectivity index (χ2n) is 6.76. The van der Waals surface area contributed by atoms with Crippen LogP contribution in [0, 0.1) is 0 Å². The number of carbonyl (C=O) groups is 2. The van der Waals surface area contributed by atoms with Crippen LogP contribution in [0.4, 0.5) is 5.82 Å². The van der Waals surface area contributed by atoms with E-state index in [2.05, 4.69) is 20.8 Å². The maximum atomic E-state index is 12.3. The third-order valence-electron chi connectivity index (χ3n) is 4.59. The zero-order valence-corrected chi connectivity index (χ0v) is 17.1. The van der Waals surface area contributed by atoms with Crippen LogP contribution in [0.5, 0.6) is 5.75 Å². The summed E-state index contributed by atoms with van der Waals surface area (Å²) in [5.74, 6) is 0.261. The number of halogens is 1. The van der Waals surface area contributed by atoms with Gasteiger partial charge in [-0.15, -0.1) is 0 Å². The zero-order chi connectivity index (χ0) is 21.6. The summed E-state index contributed by atoms with van der Waals surface area (Å²) >= 11 is 6.17. The Balaban J connectivity index is 1.39. The van der Waals surface area contributed by atoms with Crippen molar-refractivity contribution >= 4 is 40.1 Å². The first-order chi connectivity index (χ1) is 15.1. The predicted octanol–water partition coefficient (Wildman–Crippen LogP) is 4.16. The highest BCUT2D eigenvalue weighted by atomic mass is 35.5. The Morgan fingerprint density at radius 2 is 1.77 bits per heavy atom. The number of carbonyl (C=O) groups excluding carboxylic acids is 2. The van der Waals surface area contributed by atoms with E-state index in [-0.39, 0.29) is 18.4 Å². The average molecular weight is 435 g/mol. The molecule has 0 aliphatic heterocycles. The van der Waals surface area contributed by atoms with E-state index < -0.39 is 0 Å². The number of hydrogen-bond donors (Lipinski definition) is 3.